The molecule has 0 unspecified atom stereocenters. The van der Waals surface area contributed by atoms with E-state index >= 15 is 0 Å². The Kier molecular flexibility index (Phi) is 8.53. The Balaban J connectivity index is 2.07. The number of hydrogen-bond donors (Lipinski definition) is 1. The Morgan fingerprint density at radius 1 is 1.12 bits per heavy atom. The third kappa shape index (κ3) is 5.79. The molecule has 1 N–H and O–H groups in total. The third-order valence-electron chi connectivity index (χ3n) is 3.55. The highest BCUT2D eigenvalue weighted by Crippen LogP contribution is 2.34. The first-order valence-electron chi connectivity index (χ1n) is 8.66. The van der Waals surface area contributed by atoms with E-state index in [1.807, 2.05) is 43.3 Å². The quantitative estimate of drug-likeness (QED) is 0.315. The van der Waals surface area contributed by atoms with Gasteiger partial charge in [-0.15, -0.1) is 0 Å². The van der Waals surface area contributed by atoms with E-state index in [0.29, 0.717) is 19.8 Å². The number of ether oxygens (including phenoxy) is 3. The topological polar surface area (TPSA) is 52.1 Å². The Hall–Kier alpha value is -1.96. The van der Waals surface area contributed by atoms with Gasteiger partial charge in [-0.05, 0) is 59.7 Å². The van der Waals surface area contributed by atoms with Gasteiger partial charge in [0.2, 0.25) is 0 Å². The number of hydrogen-bond acceptors (Lipinski definition) is 5. The van der Waals surface area contributed by atoms with Crippen LogP contribution >= 0.6 is 22.6 Å². The first kappa shape index (κ1) is 20.4. The van der Waals surface area contributed by atoms with Crippen molar-refractivity contribution in [1.82, 2.24) is 5.43 Å². The second-order valence-electron chi connectivity index (χ2n) is 5.52. The van der Waals surface area contributed by atoms with Crippen LogP contribution in [-0.2, 0) is 6.54 Å². The van der Waals surface area contributed by atoms with Crippen molar-refractivity contribution >= 4 is 28.8 Å². The van der Waals surface area contributed by atoms with E-state index in [0.717, 1.165) is 38.4 Å². The van der Waals surface area contributed by atoms with Crippen LogP contribution < -0.4 is 19.6 Å². The van der Waals surface area contributed by atoms with Crippen molar-refractivity contribution in [2.24, 2.45) is 5.10 Å². The molecule has 0 atom stereocenters. The molecule has 0 fully saturated rings. The summed E-state index contributed by atoms with van der Waals surface area (Å²) in [6.07, 6.45) is 2.74. The standard InChI is InChI=1S/C20H25IN2O3/c1-4-10-26-20-17(21)11-15(12-19(20)25-5-2)13-22-23-14-16-8-6-7-9-18(16)24-3/h6-9,11-13,23H,4-5,10,14H2,1-3H3/b22-13+. The van der Waals surface area contributed by atoms with Gasteiger partial charge in [-0.3, -0.25) is 0 Å². The first-order chi connectivity index (χ1) is 12.7. The second kappa shape index (κ2) is 10.9. The summed E-state index contributed by atoms with van der Waals surface area (Å²) in [6.45, 7) is 5.90. The minimum atomic E-state index is 0.589. The summed E-state index contributed by atoms with van der Waals surface area (Å²) in [7, 11) is 1.67. The van der Waals surface area contributed by atoms with Crippen LogP contribution in [0.2, 0.25) is 0 Å². The molecule has 0 bridgehead atoms. The van der Waals surface area contributed by atoms with Crippen molar-refractivity contribution in [1.29, 1.82) is 0 Å². The summed E-state index contributed by atoms with van der Waals surface area (Å²) in [5.41, 5.74) is 5.07. The van der Waals surface area contributed by atoms with Crippen molar-refractivity contribution in [2.45, 2.75) is 26.8 Å². The lowest BCUT2D eigenvalue weighted by Gasteiger charge is -2.14. The van der Waals surface area contributed by atoms with Crippen molar-refractivity contribution in [3.8, 4) is 17.2 Å². The minimum absolute atomic E-state index is 0.589. The maximum atomic E-state index is 5.83. The number of para-hydroxylation sites is 1. The Morgan fingerprint density at radius 2 is 1.92 bits per heavy atom. The molecular weight excluding hydrogens is 443 g/mol. The number of nitrogens with one attached hydrogen (secondary N) is 1. The predicted molar refractivity (Wildman–Crippen MR) is 114 cm³/mol. The highest BCUT2D eigenvalue weighted by molar-refractivity contribution is 14.1. The van der Waals surface area contributed by atoms with Crippen molar-refractivity contribution in [3.05, 3.63) is 51.1 Å². The zero-order valence-corrected chi connectivity index (χ0v) is 17.6. The fourth-order valence-electron chi connectivity index (χ4n) is 2.37. The molecule has 26 heavy (non-hydrogen) atoms. The molecule has 5 nitrogen and oxygen atoms in total. The molecule has 0 radical (unpaired) electrons. The fourth-order valence-corrected chi connectivity index (χ4v) is 3.15. The van der Waals surface area contributed by atoms with E-state index < -0.39 is 0 Å². The molecule has 0 amide bonds. The number of halogens is 1. The maximum absolute atomic E-state index is 5.83. The van der Waals surface area contributed by atoms with Crippen LogP contribution in [0, 0.1) is 3.57 Å². The summed E-state index contributed by atoms with van der Waals surface area (Å²) >= 11 is 2.27. The maximum Gasteiger partial charge on any atom is 0.174 e. The molecule has 6 heteroatoms. The first-order valence-corrected chi connectivity index (χ1v) is 9.74. The molecule has 0 heterocycles. The molecule has 140 valence electrons. The van der Waals surface area contributed by atoms with Gasteiger partial charge in [0.1, 0.15) is 5.75 Å². The van der Waals surface area contributed by atoms with E-state index in [1.54, 1.807) is 13.3 Å². The SMILES string of the molecule is CCCOc1c(I)cc(/C=N/NCc2ccccc2OC)cc1OCC. The van der Waals surface area contributed by atoms with Crippen LogP contribution in [0.4, 0.5) is 0 Å². The minimum Gasteiger partial charge on any atom is -0.496 e. The van der Waals surface area contributed by atoms with Gasteiger partial charge in [0.25, 0.3) is 0 Å². The van der Waals surface area contributed by atoms with Crippen LogP contribution in [0.1, 0.15) is 31.4 Å². The third-order valence-corrected chi connectivity index (χ3v) is 4.35. The molecular formula is C20H25IN2O3. The Morgan fingerprint density at radius 3 is 2.65 bits per heavy atom. The molecule has 0 aliphatic rings. The lowest BCUT2D eigenvalue weighted by Crippen LogP contribution is -2.07. The van der Waals surface area contributed by atoms with Gasteiger partial charge in [-0.1, -0.05) is 25.1 Å². The van der Waals surface area contributed by atoms with E-state index in [2.05, 4.69) is 40.0 Å². The van der Waals surface area contributed by atoms with Crippen LogP contribution in [0.15, 0.2) is 41.5 Å². The number of methoxy groups -OCH3 is 1. The van der Waals surface area contributed by atoms with Gasteiger partial charge in [-0.2, -0.15) is 5.10 Å². The summed E-state index contributed by atoms with van der Waals surface area (Å²) in [5.74, 6) is 2.40. The monoisotopic (exact) mass is 468 g/mol. The average molecular weight is 468 g/mol. The van der Waals surface area contributed by atoms with E-state index in [1.165, 1.54) is 0 Å². The molecule has 0 spiro atoms. The normalized spacial score (nSPS) is 10.8. The summed E-state index contributed by atoms with van der Waals surface area (Å²) < 4.78 is 17.9. The van der Waals surface area contributed by atoms with Gasteiger partial charge in [0.15, 0.2) is 11.5 Å². The van der Waals surface area contributed by atoms with Gasteiger partial charge >= 0.3 is 0 Å². The zero-order valence-electron chi connectivity index (χ0n) is 15.4. The van der Waals surface area contributed by atoms with E-state index in [9.17, 15) is 0 Å². The molecule has 0 aliphatic heterocycles. The van der Waals surface area contributed by atoms with Crippen molar-refractivity contribution in [3.63, 3.8) is 0 Å². The molecule has 2 aromatic carbocycles. The largest absolute Gasteiger partial charge is 0.496 e. The average Bonchev–Trinajstić information content (AvgIpc) is 2.65. The molecule has 0 saturated carbocycles. The lowest BCUT2D eigenvalue weighted by molar-refractivity contribution is 0.275. The lowest BCUT2D eigenvalue weighted by atomic mass is 10.2. The molecule has 0 aliphatic carbocycles. The highest BCUT2D eigenvalue weighted by atomic mass is 127. The smallest absolute Gasteiger partial charge is 0.174 e. The molecule has 0 aromatic heterocycles. The highest BCUT2D eigenvalue weighted by Gasteiger charge is 2.11. The number of hydrazone groups is 1. The second-order valence-corrected chi connectivity index (χ2v) is 6.68. The van der Waals surface area contributed by atoms with Crippen molar-refractivity contribution in [2.75, 3.05) is 20.3 Å². The van der Waals surface area contributed by atoms with Crippen molar-refractivity contribution < 1.29 is 14.2 Å². The van der Waals surface area contributed by atoms with Crippen LogP contribution in [0.25, 0.3) is 0 Å². The summed E-state index contributed by atoms with van der Waals surface area (Å²) in [5, 5.41) is 4.32. The number of rotatable bonds is 10. The Bertz CT molecular complexity index is 735. The van der Waals surface area contributed by atoms with Gasteiger partial charge in [-0.25, -0.2) is 0 Å². The summed E-state index contributed by atoms with van der Waals surface area (Å²) in [6, 6.07) is 11.9. The van der Waals surface area contributed by atoms with Gasteiger partial charge in [0.05, 0.1) is 36.7 Å². The van der Waals surface area contributed by atoms with Crippen LogP contribution in [0.5, 0.6) is 17.2 Å². The number of nitrogens with zero attached hydrogens (tertiary/aromatic N) is 1. The predicted octanol–water partition coefficient (Wildman–Crippen LogP) is 4.61. The molecule has 0 saturated heterocycles. The van der Waals surface area contributed by atoms with E-state index in [4.69, 9.17) is 14.2 Å². The molecule has 2 rings (SSSR count). The summed E-state index contributed by atoms with van der Waals surface area (Å²) in [4.78, 5) is 0. The van der Waals surface area contributed by atoms with Crippen LogP contribution in [-0.4, -0.2) is 26.5 Å². The Labute approximate surface area is 168 Å². The van der Waals surface area contributed by atoms with E-state index in [-0.39, 0.29) is 0 Å². The van der Waals surface area contributed by atoms with Gasteiger partial charge in [0, 0.05) is 5.56 Å². The zero-order chi connectivity index (χ0) is 18.8. The van der Waals surface area contributed by atoms with Crippen LogP contribution in [0.3, 0.4) is 0 Å². The van der Waals surface area contributed by atoms with Gasteiger partial charge < -0.3 is 19.6 Å². The number of benzene rings is 2. The molecule has 2 aromatic rings. The fraction of sp³-hybridized carbons (Fsp3) is 0.350.